The Balaban J connectivity index is 2.36. The number of aromatic nitrogens is 2. The van der Waals surface area contributed by atoms with Crippen LogP contribution in [0.2, 0.25) is 0 Å². The molecule has 0 atom stereocenters. The molecule has 1 aromatic rings. The number of hydrogen-bond donors (Lipinski definition) is 3. The monoisotopic (exact) mass is 344 g/mol. The molecule has 0 spiro atoms. The number of nitrogens with zero attached hydrogens (tertiary/aromatic N) is 3. The summed E-state index contributed by atoms with van der Waals surface area (Å²) in [6.07, 6.45) is 0.685. The molecule has 0 radical (unpaired) electrons. The standard InChI is InChI=1S/C14H28N6O2S/c1-6-23(21,22)18-9-7-8-16-14(15-4)17-10-13-11(2)19-20(5)12(13)3/h18H,6-10H2,1-5H3,(H2,15,16,17). The minimum Gasteiger partial charge on any atom is -0.356 e. The van der Waals surface area contributed by atoms with Gasteiger partial charge in [-0.05, 0) is 27.2 Å². The molecular weight excluding hydrogens is 316 g/mol. The van der Waals surface area contributed by atoms with Crippen molar-refractivity contribution in [3.05, 3.63) is 17.0 Å². The van der Waals surface area contributed by atoms with E-state index in [2.05, 4.69) is 25.4 Å². The van der Waals surface area contributed by atoms with Crippen LogP contribution in [0.1, 0.15) is 30.3 Å². The number of hydrogen-bond acceptors (Lipinski definition) is 4. The normalized spacial score (nSPS) is 12.5. The molecular formula is C14H28N6O2S. The zero-order valence-corrected chi connectivity index (χ0v) is 15.4. The summed E-state index contributed by atoms with van der Waals surface area (Å²) in [6.45, 7) is 7.34. The maximum atomic E-state index is 11.3. The van der Waals surface area contributed by atoms with Gasteiger partial charge in [0.2, 0.25) is 10.0 Å². The van der Waals surface area contributed by atoms with Gasteiger partial charge < -0.3 is 10.6 Å². The molecule has 1 heterocycles. The Kier molecular flexibility index (Phi) is 7.50. The van der Waals surface area contributed by atoms with E-state index in [0.717, 1.165) is 17.0 Å². The van der Waals surface area contributed by atoms with Crippen molar-refractivity contribution in [2.75, 3.05) is 25.9 Å². The highest BCUT2D eigenvalue weighted by molar-refractivity contribution is 7.89. The quantitative estimate of drug-likeness (QED) is 0.351. The van der Waals surface area contributed by atoms with Crippen LogP contribution in [-0.2, 0) is 23.6 Å². The summed E-state index contributed by atoms with van der Waals surface area (Å²) in [4.78, 5) is 4.16. The predicted octanol–water partition coefficient (Wildman–Crippen LogP) is 0.0313. The van der Waals surface area contributed by atoms with Crippen molar-refractivity contribution in [1.29, 1.82) is 0 Å². The third kappa shape index (κ3) is 6.19. The fourth-order valence-electron chi connectivity index (χ4n) is 2.09. The molecule has 0 aromatic carbocycles. The minimum absolute atomic E-state index is 0.105. The third-order valence-electron chi connectivity index (χ3n) is 3.66. The zero-order valence-electron chi connectivity index (χ0n) is 14.6. The molecule has 0 saturated carbocycles. The fourth-order valence-corrected chi connectivity index (χ4v) is 2.75. The molecule has 0 amide bonds. The average molecular weight is 344 g/mol. The first-order valence-corrected chi connectivity index (χ1v) is 9.36. The van der Waals surface area contributed by atoms with Gasteiger partial charge in [0.1, 0.15) is 0 Å². The van der Waals surface area contributed by atoms with Crippen molar-refractivity contribution < 1.29 is 8.42 Å². The smallest absolute Gasteiger partial charge is 0.211 e. The molecule has 0 aliphatic carbocycles. The van der Waals surface area contributed by atoms with Crippen LogP contribution in [0, 0.1) is 13.8 Å². The first-order valence-electron chi connectivity index (χ1n) is 7.71. The van der Waals surface area contributed by atoms with E-state index in [1.165, 1.54) is 0 Å². The van der Waals surface area contributed by atoms with Crippen LogP contribution < -0.4 is 15.4 Å². The van der Waals surface area contributed by atoms with E-state index < -0.39 is 10.0 Å². The van der Waals surface area contributed by atoms with Gasteiger partial charge in [-0.1, -0.05) is 0 Å². The minimum atomic E-state index is -3.11. The molecule has 23 heavy (non-hydrogen) atoms. The van der Waals surface area contributed by atoms with Crippen LogP contribution in [0.25, 0.3) is 0 Å². The summed E-state index contributed by atoms with van der Waals surface area (Å²) in [5.74, 6) is 0.791. The Bertz CT molecular complexity index is 636. The number of rotatable bonds is 8. The molecule has 0 aliphatic rings. The average Bonchev–Trinajstić information content (AvgIpc) is 2.75. The lowest BCUT2D eigenvalue weighted by atomic mass is 10.2. The second-order valence-corrected chi connectivity index (χ2v) is 7.37. The number of aryl methyl sites for hydroxylation is 2. The molecule has 3 N–H and O–H groups in total. The Labute approximate surface area is 138 Å². The van der Waals surface area contributed by atoms with Gasteiger partial charge in [0.05, 0.1) is 11.4 Å². The Morgan fingerprint density at radius 3 is 2.48 bits per heavy atom. The summed E-state index contributed by atoms with van der Waals surface area (Å²) in [5, 5.41) is 10.8. The lowest BCUT2D eigenvalue weighted by Crippen LogP contribution is -2.38. The number of guanidine groups is 1. The van der Waals surface area contributed by atoms with Crippen LogP contribution in [0.3, 0.4) is 0 Å². The van der Waals surface area contributed by atoms with Gasteiger partial charge in [0.25, 0.3) is 0 Å². The summed E-state index contributed by atoms with van der Waals surface area (Å²) in [6, 6.07) is 0. The van der Waals surface area contributed by atoms with Gasteiger partial charge >= 0.3 is 0 Å². The second-order valence-electron chi connectivity index (χ2n) is 5.28. The van der Waals surface area contributed by atoms with Gasteiger partial charge in [-0.25, -0.2) is 13.1 Å². The molecule has 8 nitrogen and oxygen atoms in total. The number of sulfonamides is 1. The molecule has 0 fully saturated rings. The first kappa shape index (κ1) is 19.4. The summed E-state index contributed by atoms with van der Waals surface area (Å²) >= 11 is 0. The van der Waals surface area contributed by atoms with Crippen molar-refractivity contribution in [3.8, 4) is 0 Å². The lowest BCUT2D eigenvalue weighted by Gasteiger charge is -2.12. The topological polar surface area (TPSA) is 100 Å². The van der Waals surface area contributed by atoms with Gasteiger partial charge in [0, 0.05) is 45.0 Å². The zero-order chi connectivity index (χ0) is 17.5. The second kappa shape index (κ2) is 8.88. The van der Waals surface area contributed by atoms with E-state index in [9.17, 15) is 8.42 Å². The number of nitrogens with one attached hydrogen (secondary N) is 3. The van der Waals surface area contributed by atoms with Crippen LogP contribution in [0.4, 0.5) is 0 Å². The van der Waals surface area contributed by atoms with Crippen molar-refractivity contribution >= 4 is 16.0 Å². The Morgan fingerprint density at radius 2 is 1.96 bits per heavy atom. The Morgan fingerprint density at radius 1 is 1.26 bits per heavy atom. The van der Waals surface area contributed by atoms with E-state index in [0.29, 0.717) is 32.0 Å². The fraction of sp³-hybridized carbons (Fsp3) is 0.714. The molecule has 0 unspecified atom stereocenters. The van der Waals surface area contributed by atoms with E-state index in [1.807, 2.05) is 25.6 Å². The van der Waals surface area contributed by atoms with Crippen molar-refractivity contribution in [1.82, 2.24) is 25.1 Å². The van der Waals surface area contributed by atoms with Gasteiger partial charge in [-0.2, -0.15) is 5.10 Å². The van der Waals surface area contributed by atoms with Gasteiger partial charge in [-0.15, -0.1) is 0 Å². The molecule has 1 aromatic heterocycles. The van der Waals surface area contributed by atoms with Crippen molar-refractivity contribution in [2.45, 2.75) is 33.7 Å². The highest BCUT2D eigenvalue weighted by atomic mass is 32.2. The van der Waals surface area contributed by atoms with E-state index in [-0.39, 0.29) is 5.75 Å². The molecule has 132 valence electrons. The molecule has 0 saturated heterocycles. The summed E-state index contributed by atoms with van der Waals surface area (Å²) < 4.78 is 27.0. The van der Waals surface area contributed by atoms with E-state index in [1.54, 1.807) is 14.0 Å². The molecule has 0 bridgehead atoms. The van der Waals surface area contributed by atoms with E-state index in [4.69, 9.17) is 0 Å². The van der Waals surface area contributed by atoms with Crippen molar-refractivity contribution in [3.63, 3.8) is 0 Å². The molecule has 0 aliphatic heterocycles. The highest BCUT2D eigenvalue weighted by Gasteiger charge is 2.09. The Hall–Kier alpha value is -1.61. The third-order valence-corrected chi connectivity index (χ3v) is 5.07. The summed E-state index contributed by atoms with van der Waals surface area (Å²) in [5.41, 5.74) is 3.28. The highest BCUT2D eigenvalue weighted by Crippen LogP contribution is 2.10. The maximum Gasteiger partial charge on any atom is 0.211 e. The van der Waals surface area contributed by atoms with E-state index >= 15 is 0 Å². The maximum absolute atomic E-state index is 11.3. The first-order chi connectivity index (χ1) is 10.8. The summed E-state index contributed by atoms with van der Waals surface area (Å²) in [7, 11) is 0.521. The van der Waals surface area contributed by atoms with Gasteiger partial charge in [-0.3, -0.25) is 9.67 Å². The SMILES string of the molecule is CCS(=O)(=O)NCCCNC(=NC)NCc1c(C)nn(C)c1C. The van der Waals surface area contributed by atoms with Crippen LogP contribution >= 0.6 is 0 Å². The van der Waals surface area contributed by atoms with Crippen LogP contribution in [0.15, 0.2) is 4.99 Å². The lowest BCUT2D eigenvalue weighted by molar-refractivity contribution is 0.579. The number of aliphatic imine (C=N–C) groups is 1. The van der Waals surface area contributed by atoms with Crippen LogP contribution in [-0.4, -0.2) is 50.0 Å². The van der Waals surface area contributed by atoms with Crippen LogP contribution in [0.5, 0.6) is 0 Å². The van der Waals surface area contributed by atoms with Crippen molar-refractivity contribution in [2.24, 2.45) is 12.0 Å². The molecule has 1 rings (SSSR count). The molecule has 9 heteroatoms. The van der Waals surface area contributed by atoms with Gasteiger partial charge in [0.15, 0.2) is 5.96 Å². The largest absolute Gasteiger partial charge is 0.356 e. The predicted molar refractivity (Wildman–Crippen MR) is 93.0 cm³/mol.